The molecule has 0 saturated carbocycles. The van der Waals surface area contributed by atoms with Gasteiger partial charge in [0.15, 0.2) is 5.76 Å². The number of aliphatic carboxylic acids is 1. The second-order valence-electron chi connectivity index (χ2n) is 3.63. The quantitative estimate of drug-likeness (QED) is 0.817. The highest BCUT2D eigenvalue weighted by molar-refractivity contribution is 5.86. The third-order valence-electron chi connectivity index (χ3n) is 2.42. The molecule has 0 saturated heterocycles. The van der Waals surface area contributed by atoms with Gasteiger partial charge in [0.25, 0.3) is 0 Å². The zero-order valence-electron chi connectivity index (χ0n) is 8.52. The fourth-order valence-corrected chi connectivity index (χ4v) is 1.50. The van der Waals surface area contributed by atoms with Gasteiger partial charge in [-0.05, 0) is 31.5 Å². The Balaban J connectivity index is 2.59. The van der Waals surface area contributed by atoms with Crippen molar-refractivity contribution in [3.05, 3.63) is 29.5 Å². The molecule has 2 rings (SSSR count). The van der Waals surface area contributed by atoms with E-state index in [1.54, 1.807) is 6.92 Å². The van der Waals surface area contributed by atoms with Gasteiger partial charge in [-0.1, -0.05) is 11.2 Å². The van der Waals surface area contributed by atoms with Crippen molar-refractivity contribution in [2.24, 2.45) is 0 Å². The highest BCUT2D eigenvalue weighted by Crippen LogP contribution is 2.26. The van der Waals surface area contributed by atoms with Crippen molar-refractivity contribution in [1.29, 1.82) is 0 Å². The smallest absolute Gasteiger partial charge is 0.314 e. The van der Waals surface area contributed by atoms with Gasteiger partial charge in [-0.3, -0.25) is 4.79 Å². The van der Waals surface area contributed by atoms with Crippen LogP contribution < -0.4 is 0 Å². The molecule has 4 nitrogen and oxygen atoms in total. The number of aromatic nitrogens is 1. The predicted octanol–water partition coefficient (Wildman–Crippen LogP) is 2.32. The maximum absolute atomic E-state index is 10.8. The fraction of sp³-hybridized carbons (Fsp3) is 0.273. The molecule has 1 aromatic carbocycles. The van der Waals surface area contributed by atoms with E-state index in [1.807, 2.05) is 25.1 Å². The number of carboxylic acids is 1. The minimum atomic E-state index is -0.909. The van der Waals surface area contributed by atoms with Crippen LogP contribution in [0.1, 0.15) is 24.2 Å². The largest absolute Gasteiger partial charge is 0.481 e. The summed E-state index contributed by atoms with van der Waals surface area (Å²) in [6.45, 7) is 3.54. The lowest BCUT2D eigenvalue weighted by molar-refractivity contribution is -0.138. The molecule has 1 unspecified atom stereocenters. The van der Waals surface area contributed by atoms with Crippen LogP contribution in [0.25, 0.3) is 10.9 Å². The number of carbonyl (C=O) groups is 1. The second kappa shape index (κ2) is 3.38. The fourth-order valence-electron chi connectivity index (χ4n) is 1.50. The molecule has 1 heterocycles. The molecule has 0 radical (unpaired) electrons. The Morgan fingerprint density at radius 3 is 2.93 bits per heavy atom. The van der Waals surface area contributed by atoms with Crippen molar-refractivity contribution in [2.45, 2.75) is 19.8 Å². The topological polar surface area (TPSA) is 63.3 Å². The third-order valence-corrected chi connectivity index (χ3v) is 2.42. The summed E-state index contributed by atoms with van der Waals surface area (Å²) in [6, 6.07) is 5.63. The van der Waals surface area contributed by atoms with Crippen LogP contribution in [0.15, 0.2) is 22.7 Å². The summed E-state index contributed by atoms with van der Waals surface area (Å²) >= 11 is 0. The highest BCUT2D eigenvalue weighted by atomic mass is 16.5. The lowest BCUT2D eigenvalue weighted by Gasteiger charge is -2.00. The van der Waals surface area contributed by atoms with Crippen LogP contribution >= 0.6 is 0 Å². The van der Waals surface area contributed by atoms with Gasteiger partial charge in [0.05, 0.1) is 0 Å². The zero-order valence-corrected chi connectivity index (χ0v) is 8.52. The molecular formula is C11H11NO3. The lowest BCUT2D eigenvalue weighted by atomic mass is 10.0. The molecule has 1 aromatic heterocycles. The number of aryl methyl sites for hydroxylation is 1. The summed E-state index contributed by atoms with van der Waals surface area (Å²) < 4.78 is 5.06. The zero-order chi connectivity index (χ0) is 11.0. The molecule has 0 aliphatic heterocycles. The minimum Gasteiger partial charge on any atom is -0.481 e. The van der Waals surface area contributed by atoms with Gasteiger partial charge in [0.2, 0.25) is 0 Å². The van der Waals surface area contributed by atoms with Crippen molar-refractivity contribution in [2.75, 3.05) is 0 Å². The number of hydrogen-bond acceptors (Lipinski definition) is 3. The summed E-state index contributed by atoms with van der Waals surface area (Å²) in [5, 5.41) is 13.5. The summed E-state index contributed by atoms with van der Waals surface area (Å²) in [4.78, 5) is 10.8. The van der Waals surface area contributed by atoms with Crippen molar-refractivity contribution in [3.63, 3.8) is 0 Å². The van der Waals surface area contributed by atoms with Crippen molar-refractivity contribution in [3.8, 4) is 0 Å². The Labute approximate surface area is 86.5 Å². The van der Waals surface area contributed by atoms with E-state index in [0.29, 0.717) is 11.3 Å². The van der Waals surface area contributed by atoms with E-state index in [1.165, 1.54) is 0 Å². The van der Waals surface area contributed by atoms with Crippen LogP contribution in [-0.2, 0) is 4.79 Å². The van der Waals surface area contributed by atoms with Gasteiger partial charge >= 0.3 is 5.97 Å². The number of hydrogen-bond donors (Lipinski definition) is 1. The normalized spacial score (nSPS) is 12.9. The van der Waals surface area contributed by atoms with E-state index in [-0.39, 0.29) is 0 Å². The Morgan fingerprint density at radius 1 is 1.53 bits per heavy atom. The molecular weight excluding hydrogens is 194 g/mol. The van der Waals surface area contributed by atoms with Crippen LogP contribution in [0.5, 0.6) is 0 Å². The molecule has 0 amide bonds. The van der Waals surface area contributed by atoms with Gasteiger partial charge in [-0.2, -0.15) is 0 Å². The minimum absolute atomic E-state index is 0.414. The SMILES string of the molecule is Cc1ccc2c(C(C)C(=O)O)onc2c1. The molecule has 1 N–H and O–H groups in total. The third kappa shape index (κ3) is 1.58. The first-order chi connectivity index (χ1) is 7.09. The van der Waals surface area contributed by atoms with Crippen molar-refractivity contribution in [1.82, 2.24) is 5.16 Å². The molecule has 0 bridgehead atoms. The second-order valence-corrected chi connectivity index (χ2v) is 3.63. The molecule has 0 aliphatic rings. The first-order valence-electron chi connectivity index (χ1n) is 4.68. The maximum Gasteiger partial charge on any atom is 0.314 e. The standard InChI is InChI=1S/C11H11NO3/c1-6-3-4-8-9(5-6)12-15-10(8)7(2)11(13)14/h3-5,7H,1-2H3,(H,13,14). The molecule has 1 atom stereocenters. The molecule has 4 heteroatoms. The summed E-state index contributed by atoms with van der Waals surface area (Å²) in [7, 11) is 0. The van der Waals surface area contributed by atoms with Gasteiger partial charge in [0.1, 0.15) is 11.4 Å². The average molecular weight is 205 g/mol. The lowest BCUT2D eigenvalue weighted by Crippen LogP contribution is -2.06. The first kappa shape index (κ1) is 9.71. The van der Waals surface area contributed by atoms with Crippen LogP contribution in [-0.4, -0.2) is 16.2 Å². The Kier molecular flexibility index (Phi) is 2.19. The summed E-state index contributed by atoms with van der Waals surface area (Å²) in [6.07, 6.45) is 0. The first-order valence-corrected chi connectivity index (χ1v) is 4.68. The van der Waals surface area contributed by atoms with Crippen LogP contribution in [0.3, 0.4) is 0 Å². The van der Waals surface area contributed by atoms with Crippen molar-refractivity contribution < 1.29 is 14.4 Å². The van der Waals surface area contributed by atoms with Crippen LogP contribution in [0.4, 0.5) is 0 Å². The van der Waals surface area contributed by atoms with Gasteiger partial charge in [-0.15, -0.1) is 0 Å². The molecule has 15 heavy (non-hydrogen) atoms. The summed E-state index contributed by atoms with van der Waals surface area (Å²) in [5.41, 5.74) is 1.78. The van der Waals surface area contributed by atoms with E-state index in [0.717, 1.165) is 10.9 Å². The van der Waals surface area contributed by atoms with Gasteiger partial charge in [-0.25, -0.2) is 0 Å². The van der Waals surface area contributed by atoms with E-state index in [9.17, 15) is 4.79 Å². The van der Waals surface area contributed by atoms with E-state index in [2.05, 4.69) is 5.16 Å². The van der Waals surface area contributed by atoms with E-state index >= 15 is 0 Å². The molecule has 78 valence electrons. The number of rotatable bonds is 2. The number of carboxylic acid groups (broad SMARTS) is 1. The Bertz CT molecular complexity index is 516. The van der Waals surface area contributed by atoms with Crippen molar-refractivity contribution >= 4 is 16.9 Å². The summed E-state index contributed by atoms with van der Waals surface area (Å²) in [5.74, 6) is -1.16. The van der Waals surface area contributed by atoms with Gasteiger partial charge in [0, 0.05) is 5.39 Å². The van der Waals surface area contributed by atoms with Crippen LogP contribution in [0.2, 0.25) is 0 Å². The predicted molar refractivity (Wildman–Crippen MR) is 54.8 cm³/mol. The molecule has 2 aromatic rings. The molecule has 0 aliphatic carbocycles. The number of benzene rings is 1. The highest BCUT2D eigenvalue weighted by Gasteiger charge is 2.21. The number of fused-ring (bicyclic) bond motifs is 1. The van der Waals surface area contributed by atoms with E-state index in [4.69, 9.17) is 9.63 Å². The molecule has 0 fully saturated rings. The maximum atomic E-state index is 10.8. The average Bonchev–Trinajstić information content (AvgIpc) is 2.59. The van der Waals surface area contributed by atoms with Crippen LogP contribution in [0, 0.1) is 6.92 Å². The monoisotopic (exact) mass is 205 g/mol. The number of nitrogens with zero attached hydrogens (tertiary/aromatic N) is 1. The Hall–Kier alpha value is -1.84. The van der Waals surface area contributed by atoms with E-state index < -0.39 is 11.9 Å². The van der Waals surface area contributed by atoms with Gasteiger partial charge < -0.3 is 9.63 Å². The molecule has 0 spiro atoms. The Morgan fingerprint density at radius 2 is 2.27 bits per heavy atom.